The number of hydrogen-bond acceptors (Lipinski definition) is 1. The molecule has 0 fully saturated rings. The van der Waals surface area contributed by atoms with E-state index in [2.05, 4.69) is 0 Å². The van der Waals surface area contributed by atoms with Gasteiger partial charge in [-0.25, -0.2) is 8.78 Å². The number of nitrogens with zero attached hydrogens (tertiary/aromatic N) is 2. The van der Waals surface area contributed by atoms with E-state index in [0.29, 0.717) is 17.8 Å². The first-order valence-corrected chi connectivity index (χ1v) is 10.4. The van der Waals surface area contributed by atoms with Gasteiger partial charge in [0.2, 0.25) is 0 Å². The molecule has 0 bridgehead atoms. The van der Waals surface area contributed by atoms with E-state index in [0.717, 1.165) is 48.6 Å². The smallest absolute Gasteiger partial charge is 0.270 e. The monoisotopic (exact) mass is 408 g/mol. The highest BCUT2D eigenvalue weighted by molar-refractivity contribution is 5.95. The van der Waals surface area contributed by atoms with Crippen LogP contribution < -0.4 is 0 Å². The van der Waals surface area contributed by atoms with Crippen LogP contribution in [0.25, 0.3) is 0 Å². The van der Waals surface area contributed by atoms with Crippen molar-refractivity contribution in [3.8, 4) is 0 Å². The molecular weight excluding hydrogens is 382 g/mol. The van der Waals surface area contributed by atoms with Crippen molar-refractivity contribution < 1.29 is 13.6 Å². The van der Waals surface area contributed by atoms with E-state index in [1.807, 2.05) is 41.8 Å². The lowest BCUT2D eigenvalue weighted by atomic mass is 9.95. The van der Waals surface area contributed by atoms with Crippen molar-refractivity contribution in [1.82, 2.24) is 9.47 Å². The molecule has 2 aromatic carbocycles. The van der Waals surface area contributed by atoms with Gasteiger partial charge >= 0.3 is 0 Å². The van der Waals surface area contributed by atoms with Crippen molar-refractivity contribution in [2.75, 3.05) is 7.05 Å². The minimum Gasteiger partial charge on any atom is -0.336 e. The fourth-order valence-electron chi connectivity index (χ4n) is 4.45. The summed E-state index contributed by atoms with van der Waals surface area (Å²) in [4.78, 5) is 15.2. The van der Waals surface area contributed by atoms with E-state index >= 15 is 0 Å². The molecule has 0 unspecified atom stereocenters. The molecule has 0 saturated heterocycles. The van der Waals surface area contributed by atoms with Crippen molar-refractivity contribution >= 4 is 5.91 Å². The Morgan fingerprint density at radius 3 is 2.53 bits per heavy atom. The van der Waals surface area contributed by atoms with E-state index in [-0.39, 0.29) is 12.5 Å². The minimum absolute atomic E-state index is 0.0757. The summed E-state index contributed by atoms with van der Waals surface area (Å²) in [6.07, 6.45) is 3.95. The average molecular weight is 408 g/mol. The molecular formula is C25H26F2N2O. The van der Waals surface area contributed by atoms with E-state index in [1.54, 1.807) is 11.9 Å². The number of halogens is 2. The Kier molecular flexibility index (Phi) is 5.71. The van der Waals surface area contributed by atoms with Crippen LogP contribution in [0.5, 0.6) is 0 Å². The number of amides is 1. The molecule has 0 spiro atoms. The van der Waals surface area contributed by atoms with Gasteiger partial charge < -0.3 is 9.47 Å². The highest BCUT2D eigenvalue weighted by Crippen LogP contribution is 2.31. The van der Waals surface area contributed by atoms with Crippen LogP contribution in [0.3, 0.4) is 0 Å². The van der Waals surface area contributed by atoms with Crippen LogP contribution in [0.2, 0.25) is 0 Å². The van der Waals surface area contributed by atoms with Crippen LogP contribution in [-0.2, 0) is 25.9 Å². The van der Waals surface area contributed by atoms with Crippen LogP contribution in [0, 0.1) is 18.6 Å². The molecule has 5 heteroatoms. The van der Waals surface area contributed by atoms with Gasteiger partial charge in [0.05, 0.1) is 6.54 Å². The van der Waals surface area contributed by atoms with Gasteiger partial charge in [0.25, 0.3) is 5.91 Å². The number of fused-ring (bicyclic) bond motifs is 1. The number of carbonyl (C=O) groups excluding carboxylic acids is 1. The van der Waals surface area contributed by atoms with Gasteiger partial charge in [-0.15, -0.1) is 0 Å². The molecule has 3 nitrogen and oxygen atoms in total. The van der Waals surface area contributed by atoms with Crippen molar-refractivity contribution in [3.05, 3.63) is 93.8 Å². The van der Waals surface area contributed by atoms with E-state index in [1.165, 1.54) is 17.7 Å². The number of benzene rings is 2. The molecule has 0 atom stereocenters. The molecule has 1 aromatic heterocycles. The molecule has 0 saturated carbocycles. The molecule has 4 rings (SSSR count). The maximum Gasteiger partial charge on any atom is 0.270 e. The molecule has 30 heavy (non-hydrogen) atoms. The topological polar surface area (TPSA) is 25.2 Å². The van der Waals surface area contributed by atoms with Crippen molar-refractivity contribution in [1.29, 1.82) is 0 Å². The molecule has 1 aliphatic carbocycles. The SMILES string of the molecule is Cc1c2c(n(Cc3ccc(F)cc3F)c1C(=O)N(C)Cc1ccccc1)CCCC2. The fraction of sp³-hybridized carbons (Fsp3) is 0.320. The van der Waals surface area contributed by atoms with Crippen molar-refractivity contribution in [3.63, 3.8) is 0 Å². The lowest BCUT2D eigenvalue weighted by Crippen LogP contribution is -2.29. The van der Waals surface area contributed by atoms with Crippen molar-refractivity contribution in [2.45, 2.75) is 45.7 Å². The predicted octanol–water partition coefficient (Wildman–Crippen LogP) is 5.27. The maximum absolute atomic E-state index is 14.4. The quantitative estimate of drug-likeness (QED) is 0.564. The second-order valence-corrected chi connectivity index (χ2v) is 8.07. The van der Waals surface area contributed by atoms with Gasteiger partial charge in [0.1, 0.15) is 17.3 Å². The van der Waals surface area contributed by atoms with E-state index in [9.17, 15) is 13.6 Å². The molecule has 1 aliphatic rings. The van der Waals surface area contributed by atoms with Crippen molar-refractivity contribution in [2.24, 2.45) is 0 Å². The average Bonchev–Trinajstić information content (AvgIpc) is 3.02. The van der Waals surface area contributed by atoms with Crippen LogP contribution in [0.1, 0.15) is 51.3 Å². The Labute approximate surface area is 175 Å². The summed E-state index contributed by atoms with van der Waals surface area (Å²) in [5.74, 6) is -1.25. The van der Waals surface area contributed by atoms with Gasteiger partial charge in [0.15, 0.2) is 0 Å². The van der Waals surface area contributed by atoms with Gasteiger partial charge in [-0.05, 0) is 55.4 Å². The number of aromatic nitrogens is 1. The summed E-state index contributed by atoms with van der Waals surface area (Å²) in [6, 6.07) is 13.5. The Morgan fingerprint density at radius 2 is 1.80 bits per heavy atom. The molecule has 1 heterocycles. The third-order valence-corrected chi connectivity index (χ3v) is 6.00. The minimum atomic E-state index is -0.596. The number of rotatable bonds is 5. The standard InChI is InChI=1S/C25H26F2N2O/c1-17-21-10-6-7-11-23(21)29(16-19-12-13-20(26)14-22(19)27)24(17)25(30)28(2)15-18-8-4-3-5-9-18/h3-5,8-9,12-14H,6-7,10-11,15-16H2,1-2H3. The summed E-state index contributed by atoms with van der Waals surface area (Å²) in [5, 5.41) is 0. The van der Waals surface area contributed by atoms with Crippen LogP contribution in [0.15, 0.2) is 48.5 Å². The first-order valence-electron chi connectivity index (χ1n) is 10.4. The lowest BCUT2D eigenvalue weighted by Gasteiger charge is -2.21. The summed E-state index contributed by atoms with van der Waals surface area (Å²) in [5.41, 5.74) is 5.36. The fourth-order valence-corrected chi connectivity index (χ4v) is 4.45. The zero-order chi connectivity index (χ0) is 21.3. The highest BCUT2D eigenvalue weighted by atomic mass is 19.1. The zero-order valence-electron chi connectivity index (χ0n) is 17.4. The van der Waals surface area contributed by atoms with Gasteiger partial charge in [-0.3, -0.25) is 4.79 Å². The zero-order valence-corrected chi connectivity index (χ0v) is 17.4. The Morgan fingerprint density at radius 1 is 1.07 bits per heavy atom. The summed E-state index contributed by atoms with van der Waals surface area (Å²) in [6.45, 7) is 2.72. The van der Waals surface area contributed by atoms with Gasteiger partial charge in [0, 0.05) is 30.9 Å². The second-order valence-electron chi connectivity index (χ2n) is 8.07. The third kappa shape index (κ3) is 3.89. The van der Waals surface area contributed by atoms with Crippen LogP contribution in [0.4, 0.5) is 8.78 Å². The Hall–Kier alpha value is -2.95. The molecule has 1 amide bonds. The summed E-state index contributed by atoms with van der Waals surface area (Å²) < 4.78 is 29.7. The predicted molar refractivity (Wildman–Crippen MR) is 114 cm³/mol. The Balaban J connectivity index is 1.73. The highest BCUT2D eigenvalue weighted by Gasteiger charge is 2.28. The second kappa shape index (κ2) is 8.42. The molecule has 3 aromatic rings. The van der Waals surface area contributed by atoms with Crippen LogP contribution in [-0.4, -0.2) is 22.4 Å². The van der Waals surface area contributed by atoms with E-state index < -0.39 is 11.6 Å². The molecule has 156 valence electrons. The number of carbonyl (C=O) groups is 1. The number of hydrogen-bond donors (Lipinski definition) is 0. The largest absolute Gasteiger partial charge is 0.336 e. The summed E-state index contributed by atoms with van der Waals surface area (Å²) >= 11 is 0. The van der Waals surface area contributed by atoms with Crippen LogP contribution >= 0.6 is 0 Å². The van der Waals surface area contributed by atoms with E-state index in [4.69, 9.17) is 0 Å². The molecule has 0 N–H and O–H groups in total. The van der Waals surface area contributed by atoms with Gasteiger partial charge in [-0.2, -0.15) is 0 Å². The first-order chi connectivity index (χ1) is 14.5. The maximum atomic E-state index is 14.4. The molecule has 0 radical (unpaired) electrons. The first kappa shape index (κ1) is 20.3. The Bertz CT molecular complexity index is 1070. The normalized spacial score (nSPS) is 13.2. The summed E-state index contributed by atoms with van der Waals surface area (Å²) in [7, 11) is 1.80. The third-order valence-electron chi connectivity index (χ3n) is 6.00. The molecule has 0 aliphatic heterocycles. The van der Waals surface area contributed by atoms with Gasteiger partial charge in [-0.1, -0.05) is 36.4 Å². The lowest BCUT2D eigenvalue weighted by molar-refractivity contribution is 0.0773.